The maximum Gasteiger partial charge on any atom is 0.407 e. The molecule has 0 aliphatic heterocycles. The summed E-state index contributed by atoms with van der Waals surface area (Å²) >= 11 is 4.15. The average molecular weight is 1530 g/mol. The van der Waals surface area contributed by atoms with E-state index in [2.05, 4.69) is 120 Å². The van der Waals surface area contributed by atoms with Gasteiger partial charge in [-0.3, -0.25) is 19.2 Å². The first kappa shape index (κ1) is 76.2. The minimum absolute atomic E-state index is 0.144. The summed E-state index contributed by atoms with van der Waals surface area (Å²) in [5.41, 5.74) is 35.3. The Bertz CT molecular complexity index is 5590. The molecule has 7 heterocycles. The third-order valence-electron chi connectivity index (χ3n) is 21.9. The van der Waals surface area contributed by atoms with Gasteiger partial charge in [-0.05, 0) is 230 Å². The van der Waals surface area contributed by atoms with Crippen LogP contribution in [0.25, 0.3) is 63.4 Å². The van der Waals surface area contributed by atoms with Crippen LogP contribution in [0, 0.1) is 0 Å². The number of aromatic nitrogens is 3. The van der Waals surface area contributed by atoms with E-state index in [-0.39, 0.29) is 64.8 Å². The SMILES string of the molecule is CC(C)(C)OC(=O)NC[C@@H](NC(=O)c1cc2cc3cc(C4(C)CCCC4)ccc3nc2s1)c1cccc(N)c1.CC1(c2ccc3nc4sc(C(=O)N[C@H](CN)c5cccc(N)c5)cc4cc3c2)CCCC1.CC1(c2ccc3nc4sc(C(=O)N[C@H](CN)c5cccc(NC(=O)c6ccco6)c5)cc4cc3c2)CCCC1. The number of fused-ring (bicyclic) bond motifs is 6. The number of nitrogen functional groups attached to an aromatic ring is 2. The molecule has 0 bridgehead atoms. The molecule has 13 N–H and O–H groups in total. The molecule has 19 nitrogen and oxygen atoms in total. The van der Waals surface area contributed by atoms with E-state index >= 15 is 0 Å². The van der Waals surface area contributed by atoms with Crippen LogP contribution in [0.1, 0.15) is 210 Å². The quantitative estimate of drug-likeness (QED) is 0.0361. The Labute approximate surface area is 651 Å². The maximum absolute atomic E-state index is 13.4. The Kier molecular flexibility index (Phi) is 22.3. The molecule has 0 spiro atoms. The Balaban J connectivity index is 0.000000138. The van der Waals surface area contributed by atoms with E-state index in [0.29, 0.717) is 38.2 Å². The molecule has 6 aromatic carbocycles. The number of nitrogens with zero attached hydrogens (tertiary/aromatic N) is 3. The van der Waals surface area contributed by atoms with Gasteiger partial charge in [0.2, 0.25) is 0 Å². The normalized spacial score (nSPS) is 15.9. The van der Waals surface area contributed by atoms with Crippen LogP contribution in [0.15, 0.2) is 187 Å². The number of hydrogen-bond donors (Lipinski definition) is 9. The number of carbonyl (C=O) groups is 5. The van der Waals surface area contributed by atoms with Gasteiger partial charge in [-0.1, -0.05) is 114 Å². The summed E-state index contributed by atoms with van der Waals surface area (Å²) in [7, 11) is 0. The molecule has 7 aromatic heterocycles. The highest BCUT2D eigenvalue weighted by molar-refractivity contribution is 7.21. The van der Waals surface area contributed by atoms with Crippen LogP contribution in [0.3, 0.4) is 0 Å². The Morgan fingerprint density at radius 1 is 0.455 bits per heavy atom. The smallest absolute Gasteiger partial charge is 0.407 e. The zero-order chi connectivity index (χ0) is 77.1. The number of benzene rings is 6. The van der Waals surface area contributed by atoms with Crippen molar-refractivity contribution in [2.45, 2.75) is 159 Å². The highest BCUT2D eigenvalue weighted by Gasteiger charge is 2.34. The molecule has 0 unspecified atom stereocenters. The lowest BCUT2D eigenvalue weighted by Gasteiger charge is -2.24. The second-order valence-electron chi connectivity index (χ2n) is 31.3. The topological polar surface area (TPSA) is 311 Å². The molecule has 3 saturated carbocycles. The number of amides is 5. The standard InChI is InChI=1S/C31H30N4O3S.C31H36N4O3S.C26H28N4OS/c1-31(11-2-3-12-31)22-9-10-24-20(15-22)14-21-17-27(39-30(21)35-24)29(37)34-25(18-32)19-6-4-7-23(16-19)33-28(36)26-8-5-13-38-26;1-30(2,3)38-29(37)33-18-25(19-8-7-9-23(32)16-19)34-27(36)26-17-21-14-20-15-22(31(4)12-5-6-13-31)10-11-24(20)35-28(21)39-26;1-26(9-2-3-10-26)19-7-8-21-17(12-19)11-18-14-23(32-25(18)30-21)24(31)29-22(15-27)16-5-4-6-20(28)13-16/h4-10,13-17,25H,2-3,11-12,18,32H2,1H3,(H,33,36)(H,34,37);7-11,14-17,25H,5-6,12-13,18,32H2,1-4H3,(H,33,37)(H,34,36);4-8,11-14,22H,2-3,9-10,15,27-28H2,1H3,(H,29,31)/t2*25-;22-/m111/s1. The lowest BCUT2D eigenvalue weighted by atomic mass is 9.80. The minimum atomic E-state index is -0.622. The summed E-state index contributed by atoms with van der Waals surface area (Å²) < 4.78 is 10.5. The summed E-state index contributed by atoms with van der Waals surface area (Å²) in [5.74, 6) is -0.713. The molecular weight excluding hydrogens is 1430 g/mol. The minimum Gasteiger partial charge on any atom is -0.459 e. The monoisotopic (exact) mass is 1530 g/mol. The van der Waals surface area contributed by atoms with Gasteiger partial charge in [0.15, 0.2) is 5.76 Å². The van der Waals surface area contributed by atoms with Crippen LogP contribution in [0.5, 0.6) is 0 Å². The van der Waals surface area contributed by atoms with E-state index in [1.165, 1.54) is 134 Å². The molecule has 3 aliphatic carbocycles. The van der Waals surface area contributed by atoms with Gasteiger partial charge in [-0.2, -0.15) is 0 Å². The van der Waals surface area contributed by atoms with Gasteiger partial charge in [0.25, 0.3) is 23.6 Å². The molecule has 13 aromatic rings. The van der Waals surface area contributed by atoms with Gasteiger partial charge in [0, 0.05) is 69.0 Å². The summed E-state index contributed by atoms with van der Waals surface area (Å²) in [6.45, 7) is 13.1. The van der Waals surface area contributed by atoms with Crippen LogP contribution in [-0.2, 0) is 21.0 Å². The second kappa shape index (κ2) is 32.1. The first-order valence-corrected chi connectivity index (χ1v) is 40.3. The van der Waals surface area contributed by atoms with E-state index in [9.17, 15) is 24.0 Å². The highest BCUT2D eigenvalue weighted by Crippen LogP contribution is 2.45. The van der Waals surface area contributed by atoms with Gasteiger partial charge in [-0.25, -0.2) is 19.7 Å². The van der Waals surface area contributed by atoms with Crippen molar-refractivity contribution in [3.8, 4) is 0 Å². The van der Waals surface area contributed by atoms with Gasteiger partial charge in [0.1, 0.15) is 20.1 Å². The number of anilines is 3. The Morgan fingerprint density at radius 2 is 0.836 bits per heavy atom. The van der Waals surface area contributed by atoms with Crippen molar-refractivity contribution >= 4 is 144 Å². The van der Waals surface area contributed by atoms with Crippen LogP contribution < -0.4 is 49.5 Å². The first-order valence-electron chi connectivity index (χ1n) is 37.9. The van der Waals surface area contributed by atoms with Crippen molar-refractivity contribution in [2.75, 3.05) is 36.4 Å². The van der Waals surface area contributed by atoms with Crippen molar-refractivity contribution < 1.29 is 33.1 Å². The molecule has 22 heteroatoms. The number of thiophene rings is 3. The fourth-order valence-electron chi connectivity index (χ4n) is 15.7. The fraction of sp³-hybridized carbons (Fsp3) is 0.318. The fourth-order valence-corrected chi connectivity index (χ4v) is 18.5. The van der Waals surface area contributed by atoms with E-state index in [0.717, 1.165) is 80.0 Å². The Hall–Kier alpha value is -10.6. The zero-order valence-electron chi connectivity index (χ0n) is 62.9. The molecule has 5 amide bonds. The van der Waals surface area contributed by atoms with Crippen LogP contribution >= 0.6 is 34.0 Å². The molecule has 16 rings (SSSR count). The Morgan fingerprint density at radius 3 is 1.21 bits per heavy atom. The third-order valence-corrected chi connectivity index (χ3v) is 25.1. The van der Waals surface area contributed by atoms with E-state index in [1.54, 1.807) is 57.2 Å². The van der Waals surface area contributed by atoms with E-state index < -0.39 is 23.8 Å². The predicted molar refractivity (Wildman–Crippen MR) is 447 cm³/mol. The molecule has 3 fully saturated rings. The number of alkyl carbamates (subject to hydrolysis) is 1. The molecule has 110 heavy (non-hydrogen) atoms. The van der Waals surface area contributed by atoms with Gasteiger partial charge >= 0.3 is 6.09 Å². The predicted octanol–water partition coefficient (Wildman–Crippen LogP) is 18.7. The lowest BCUT2D eigenvalue weighted by Crippen LogP contribution is -2.40. The summed E-state index contributed by atoms with van der Waals surface area (Å²) in [6, 6.07) is 56.0. The number of carbonyl (C=O) groups excluding carboxylic acids is 5. The van der Waals surface area contributed by atoms with Crippen molar-refractivity contribution in [3.05, 3.63) is 236 Å². The first-order chi connectivity index (χ1) is 52.8. The molecule has 3 atom stereocenters. The summed E-state index contributed by atoms with van der Waals surface area (Å²) in [6.07, 6.45) is 16.0. The largest absolute Gasteiger partial charge is 0.459 e. The van der Waals surface area contributed by atoms with Gasteiger partial charge < -0.3 is 58.7 Å². The molecule has 0 radical (unpaired) electrons. The highest BCUT2D eigenvalue weighted by atomic mass is 32.1. The third kappa shape index (κ3) is 17.3. The number of rotatable bonds is 18. The number of pyridine rings is 3. The van der Waals surface area contributed by atoms with Crippen LogP contribution in [0.2, 0.25) is 0 Å². The molecule has 566 valence electrons. The van der Waals surface area contributed by atoms with Gasteiger partial charge in [0.05, 0.1) is 55.6 Å². The van der Waals surface area contributed by atoms with Crippen molar-refractivity contribution in [3.63, 3.8) is 0 Å². The van der Waals surface area contributed by atoms with Crippen molar-refractivity contribution in [1.82, 2.24) is 36.2 Å². The van der Waals surface area contributed by atoms with Crippen LogP contribution in [0.4, 0.5) is 21.9 Å². The summed E-state index contributed by atoms with van der Waals surface area (Å²) in [5, 5.41) is 21.0. The van der Waals surface area contributed by atoms with Crippen molar-refractivity contribution in [2.24, 2.45) is 11.5 Å². The average Bonchev–Trinajstić information content (AvgIpc) is 1.58. The molecule has 0 saturated heterocycles. The van der Waals surface area contributed by atoms with Gasteiger partial charge in [-0.15, -0.1) is 34.0 Å². The number of ether oxygens (including phenoxy) is 1. The lowest BCUT2D eigenvalue weighted by molar-refractivity contribution is 0.0519. The maximum atomic E-state index is 13.4. The van der Waals surface area contributed by atoms with Crippen molar-refractivity contribution in [1.29, 1.82) is 0 Å². The summed E-state index contributed by atoms with van der Waals surface area (Å²) in [4.78, 5) is 83.2. The molecule has 3 aliphatic rings. The van der Waals surface area contributed by atoms with Crippen LogP contribution in [-0.4, -0.2) is 69.9 Å². The number of nitrogens with two attached hydrogens (primary N) is 4. The van der Waals surface area contributed by atoms with E-state index in [1.807, 2.05) is 66.7 Å². The second-order valence-corrected chi connectivity index (χ2v) is 34.4. The number of furan rings is 1. The molecular formula is C88H94N12O7S3. The zero-order valence-corrected chi connectivity index (χ0v) is 65.3. The number of hydrogen-bond acceptors (Lipinski definition) is 17. The van der Waals surface area contributed by atoms with E-state index in [4.69, 9.17) is 47.0 Å². The number of nitrogens with one attached hydrogen (secondary N) is 5.